The number of aliphatic hydroxyl groups is 4. The third-order valence-corrected chi connectivity index (χ3v) is 15.2. The molecule has 0 bridgehead atoms. The first-order chi connectivity index (χ1) is 39.8. The van der Waals surface area contributed by atoms with Crippen LogP contribution < -0.4 is 10.6 Å². The number of Topliss-reactive ketones (excluding diaryl/α,β-unsaturated/α-hetero) is 2. The number of carbonyl (C=O) groups is 5. The van der Waals surface area contributed by atoms with Crippen LogP contribution in [0.3, 0.4) is 0 Å². The molecule has 2 heterocycles. The Kier molecular flexibility index (Phi) is 30.2. The minimum Gasteiger partial charge on any atom is -0.394 e. The van der Waals surface area contributed by atoms with Crippen molar-refractivity contribution in [3.05, 3.63) is 140 Å². The Balaban J connectivity index is 0.000000300. The highest BCUT2D eigenvalue weighted by atomic mass is 127. The smallest absolute Gasteiger partial charge is 0.254 e. The van der Waals surface area contributed by atoms with E-state index in [4.69, 9.17) is 45.1 Å². The Morgan fingerprint density at radius 3 is 1.49 bits per heavy atom. The maximum Gasteiger partial charge on any atom is 0.254 e. The van der Waals surface area contributed by atoms with Gasteiger partial charge in [0.25, 0.3) is 17.7 Å². The van der Waals surface area contributed by atoms with Crippen LogP contribution >= 0.6 is 22.6 Å². The lowest BCUT2D eigenvalue weighted by Crippen LogP contribution is -2.64. The van der Waals surface area contributed by atoms with Gasteiger partial charge in [0, 0.05) is 71.8 Å². The maximum atomic E-state index is 13.5. The molecule has 2 fully saturated rings. The van der Waals surface area contributed by atoms with Crippen molar-refractivity contribution in [2.75, 3.05) is 94.3 Å². The van der Waals surface area contributed by atoms with Crippen molar-refractivity contribution in [2.45, 2.75) is 101 Å². The molecule has 0 aliphatic carbocycles. The number of benzene rings is 4. The van der Waals surface area contributed by atoms with E-state index in [1.54, 1.807) is 106 Å². The van der Waals surface area contributed by atoms with E-state index in [0.29, 0.717) is 36.3 Å². The van der Waals surface area contributed by atoms with Gasteiger partial charge in [-0.05, 0) is 173 Å². The molecule has 3 amide bonds. The average molecular weight is 1260 g/mol. The number of hydrogen-bond donors (Lipinski definition) is 6. The van der Waals surface area contributed by atoms with E-state index >= 15 is 0 Å². The Hall–Kier alpha value is -5.96. The SMILES string of the molecule is C#Cc1ccc(C(O)COCCO)cc1.CNC(=O)[C@@](C)(C(=O)COC1CCCCO1)N(C)C(=O)c1ccc(I)cc1.CNC(C)[C@@](C)(C(=O)COC1CCCCO1)N(C)C(=O)c1ccc(C#Cc2ccc(C(O)COCCO)cc2)cc1. The van der Waals surface area contributed by atoms with E-state index in [9.17, 15) is 34.2 Å². The highest BCUT2D eigenvalue weighted by Crippen LogP contribution is 2.26. The number of likely N-dealkylation sites (N-methyl/N-ethyl adjacent to an activating group) is 4. The van der Waals surface area contributed by atoms with E-state index in [1.807, 2.05) is 19.1 Å². The molecule has 0 saturated carbocycles. The first-order valence-electron chi connectivity index (χ1n) is 27.5. The molecule has 19 nitrogen and oxygen atoms in total. The number of amides is 3. The Bertz CT molecular complexity index is 2760. The third kappa shape index (κ3) is 21.0. The summed E-state index contributed by atoms with van der Waals surface area (Å²) in [6, 6.07) is 27.8. The van der Waals surface area contributed by atoms with Crippen LogP contribution in [0.1, 0.15) is 120 Å². The molecular formula is C63H81IN4O15. The number of ketones is 2. The van der Waals surface area contributed by atoms with E-state index in [1.165, 1.54) is 30.8 Å². The number of aliphatic hydroxyl groups excluding tert-OH is 4. The van der Waals surface area contributed by atoms with Crippen molar-refractivity contribution in [1.82, 2.24) is 20.4 Å². The van der Waals surface area contributed by atoms with Gasteiger partial charge in [0.2, 0.25) is 0 Å². The Morgan fingerprint density at radius 1 is 0.663 bits per heavy atom. The van der Waals surface area contributed by atoms with Crippen molar-refractivity contribution in [3.63, 3.8) is 0 Å². The highest BCUT2D eigenvalue weighted by Gasteiger charge is 2.47. The largest absolute Gasteiger partial charge is 0.394 e. The number of rotatable bonds is 25. The van der Waals surface area contributed by atoms with Crippen molar-refractivity contribution < 1.29 is 72.8 Å². The molecule has 7 atom stereocenters. The monoisotopic (exact) mass is 1260 g/mol. The second-order valence-corrected chi connectivity index (χ2v) is 21.2. The van der Waals surface area contributed by atoms with Crippen molar-refractivity contribution in [3.8, 4) is 24.2 Å². The van der Waals surface area contributed by atoms with Crippen LogP contribution in [0.5, 0.6) is 0 Å². The van der Waals surface area contributed by atoms with E-state index < -0.39 is 53.5 Å². The summed E-state index contributed by atoms with van der Waals surface area (Å²) in [5, 5.41) is 42.7. The maximum absolute atomic E-state index is 13.5. The highest BCUT2D eigenvalue weighted by molar-refractivity contribution is 14.1. The number of hydrogen-bond acceptors (Lipinski definition) is 16. The van der Waals surface area contributed by atoms with Gasteiger partial charge in [-0.3, -0.25) is 24.0 Å². The molecule has 6 rings (SSSR count). The van der Waals surface area contributed by atoms with Crippen molar-refractivity contribution in [1.29, 1.82) is 0 Å². The van der Waals surface area contributed by atoms with Crippen molar-refractivity contribution in [2.24, 2.45) is 0 Å². The summed E-state index contributed by atoms with van der Waals surface area (Å²) >= 11 is 2.14. The summed E-state index contributed by atoms with van der Waals surface area (Å²) in [5.41, 5.74) is 1.74. The topological polar surface area (TPSA) is 252 Å². The molecule has 2 saturated heterocycles. The second-order valence-electron chi connectivity index (χ2n) is 19.9. The van der Waals surface area contributed by atoms with Crippen molar-refractivity contribution >= 4 is 51.9 Å². The molecular weight excluding hydrogens is 1180 g/mol. The van der Waals surface area contributed by atoms with Crippen LogP contribution in [0.15, 0.2) is 97.1 Å². The first-order valence-corrected chi connectivity index (χ1v) is 28.6. The fourth-order valence-electron chi connectivity index (χ4n) is 8.55. The first kappa shape index (κ1) is 69.5. The minimum absolute atomic E-state index is 0.0389. The molecule has 2 aliphatic rings. The number of terminal acetylenes is 1. The fraction of sp³-hybridized carbons (Fsp3) is 0.476. The van der Waals surface area contributed by atoms with E-state index in [-0.39, 0.29) is 70.6 Å². The van der Waals surface area contributed by atoms with Crippen LogP contribution in [0, 0.1) is 27.8 Å². The van der Waals surface area contributed by atoms with Gasteiger partial charge in [0.1, 0.15) is 31.0 Å². The zero-order valence-electron chi connectivity index (χ0n) is 48.6. The van der Waals surface area contributed by atoms with Gasteiger partial charge in [0.15, 0.2) is 29.7 Å². The number of nitrogens with one attached hydrogen (secondary N) is 2. The lowest BCUT2D eigenvalue weighted by Gasteiger charge is -2.42. The van der Waals surface area contributed by atoms with Gasteiger partial charge in [0.05, 0.1) is 39.6 Å². The lowest BCUT2D eigenvalue weighted by molar-refractivity contribution is -0.174. The van der Waals surface area contributed by atoms with Gasteiger partial charge in [-0.2, -0.15) is 0 Å². The van der Waals surface area contributed by atoms with E-state index in [2.05, 4.69) is 51.0 Å². The Labute approximate surface area is 501 Å². The molecule has 0 radical (unpaired) electrons. The average Bonchev–Trinajstić information content (AvgIpc) is 3.68. The molecule has 83 heavy (non-hydrogen) atoms. The predicted molar refractivity (Wildman–Crippen MR) is 321 cm³/mol. The predicted octanol–water partition coefficient (Wildman–Crippen LogP) is 5.37. The van der Waals surface area contributed by atoms with Crippen LogP contribution in [0.25, 0.3) is 0 Å². The summed E-state index contributed by atoms with van der Waals surface area (Å²) in [6.07, 6.45) is 8.31. The summed E-state index contributed by atoms with van der Waals surface area (Å²) in [7, 11) is 6.28. The molecule has 4 aromatic carbocycles. The van der Waals surface area contributed by atoms with Gasteiger partial charge in [-0.15, -0.1) is 6.42 Å². The standard InChI is InChI=1S/C32H42N2O7.C19H25IN2O5.C12H14O3/c1-23(33-3)32(2,29(37)22-41-30-7-5-6-19-40-30)34(4)31(38)27-16-12-25(13-17-27)9-8-24-10-14-26(15-11-24)28(36)21-39-20-18-35;1-19(18(25)21-2,15(23)12-27-16-6-4-5-11-26-16)22(3)17(24)13-7-9-14(20)10-8-13;1-2-10-3-5-11(6-4-10)12(14)9-15-8-7-13/h10-17,23,28,30,33,35-36H,5-7,18-22H2,1-4H3;7-10,16H,4-6,11-12H2,1-3H3,(H,21,25);1,3-6,12-14H,7-9H2/t23?,28?,30?,32-;16?,19-;/m01./s1. The summed E-state index contributed by atoms with van der Waals surface area (Å²) in [5.74, 6) is 6.70. The second kappa shape index (κ2) is 36.0. The lowest BCUT2D eigenvalue weighted by atomic mass is 9.86. The molecule has 5 unspecified atom stereocenters. The quantitative estimate of drug-likeness (QED) is 0.0211. The summed E-state index contributed by atoms with van der Waals surface area (Å²) in [4.78, 5) is 67.9. The van der Waals surface area contributed by atoms with Crippen LogP contribution in [0.4, 0.5) is 0 Å². The number of nitrogens with zero attached hydrogens (tertiary/aromatic N) is 2. The third-order valence-electron chi connectivity index (χ3n) is 14.5. The van der Waals surface area contributed by atoms with Gasteiger partial charge >= 0.3 is 0 Å². The van der Waals surface area contributed by atoms with E-state index in [0.717, 1.165) is 57.9 Å². The van der Waals surface area contributed by atoms with Gasteiger partial charge in [-0.1, -0.05) is 42.0 Å². The fourth-order valence-corrected chi connectivity index (χ4v) is 8.91. The van der Waals surface area contributed by atoms with Crippen LogP contribution in [-0.4, -0.2) is 183 Å². The molecule has 4 aromatic rings. The number of halogens is 1. The molecule has 2 aliphatic heterocycles. The molecule has 6 N–H and O–H groups in total. The Morgan fingerprint density at radius 2 is 1.08 bits per heavy atom. The molecule has 450 valence electrons. The van der Waals surface area contributed by atoms with Crippen LogP contribution in [0.2, 0.25) is 0 Å². The minimum atomic E-state index is -1.69. The molecule has 0 aromatic heterocycles. The van der Waals surface area contributed by atoms with Crippen LogP contribution in [-0.2, 0) is 42.8 Å². The zero-order valence-corrected chi connectivity index (χ0v) is 50.7. The number of ether oxygens (including phenoxy) is 6. The molecule has 0 spiro atoms. The molecule has 20 heteroatoms. The summed E-state index contributed by atoms with van der Waals surface area (Å²) < 4.78 is 33.5. The normalized spacial score (nSPS) is 17.2. The van der Waals surface area contributed by atoms with Gasteiger partial charge in [-0.25, -0.2) is 0 Å². The number of carbonyl (C=O) groups excluding carboxylic acids is 5. The summed E-state index contributed by atoms with van der Waals surface area (Å²) in [6.45, 7) is 6.40. The van der Waals surface area contributed by atoms with Gasteiger partial charge < -0.3 is 69.3 Å². The zero-order chi connectivity index (χ0) is 61.0.